The molecule has 0 aliphatic carbocycles. The Morgan fingerprint density at radius 3 is 2.39 bits per heavy atom. The Kier molecular flexibility index (Phi) is 6.58. The van der Waals surface area contributed by atoms with Crippen LogP contribution in [0.25, 0.3) is 22.0 Å². The number of fused-ring (bicyclic) bond motifs is 1. The fourth-order valence-electron chi connectivity index (χ4n) is 5.17. The zero-order chi connectivity index (χ0) is 22.6. The highest BCUT2D eigenvalue weighted by Crippen LogP contribution is 2.36. The second-order valence-electron chi connectivity index (χ2n) is 9.16. The Morgan fingerprint density at radius 1 is 0.939 bits per heavy atom. The second kappa shape index (κ2) is 9.91. The molecular weight excluding hydrogens is 414 g/mol. The van der Waals surface area contributed by atoms with E-state index < -0.39 is 0 Å². The lowest BCUT2D eigenvalue weighted by Gasteiger charge is -2.33. The molecule has 33 heavy (non-hydrogen) atoms. The molecule has 7 heteroatoms. The monoisotopic (exact) mass is 447 g/mol. The van der Waals surface area contributed by atoms with Crippen LogP contribution in [0.3, 0.4) is 0 Å². The molecule has 2 saturated heterocycles. The van der Waals surface area contributed by atoms with Crippen LogP contribution in [0.2, 0.25) is 0 Å². The minimum Gasteiger partial charge on any atom is -0.493 e. The maximum absolute atomic E-state index is 5.49. The van der Waals surface area contributed by atoms with Crippen molar-refractivity contribution in [3.8, 4) is 22.6 Å². The van der Waals surface area contributed by atoms with Gasteiger partial charge in [0.2, 0.25) is 0 Å². The number of hydrogen-bond acceptors (Lipinski definition) is 7. The van der Waals surface area contributed by atoms with Crippen molar-refractivity contribution in [1.29, 1.82) is 0 Å². The first-order valence-corrected chi connectivity index (χ1v) is 12.1. The summed E-state index contributed by atoms with van der Waals surface area (Å²) in [6.45, 7) is 6.07. The average Bonchev–Trinajstić information content (AvgIpc) is 3.40. The van der Waals surface area contributed by atoms with Crippen molar-refractivity contribution in [2.75, 3.05) is 51.8 Å². The number of benzene rings is 1. The van der Waals surface area contributed by atoms with Crippen LogP contribution < -0.4 is 14.4 Å². The van der Waals surface area contributed by atoms with E-state index in [1.165, 1.54) is 51.7 Å². The second-order valence-corrected chi connectivity index (χ2v) is 9.16. The van der Waals surface area contributed by atoms with E-state index in [0.717, 1.165) is 46.9 Å². The predicted molar refractivity (Wildman–Crippen MR) is 131 cm³/mol. The van der Waals surface area contributed by atoms with Crippen molar-refractivity contribution in [2.24, 2.45) is 5.92 Å². The molecule has 0 N–H and O–H groups in total. The van der Waals surface area contributed by atoms with Gasteiger partial charge in [-0.1, -0.05) is 0 Å². The topological polar surface area (TPSA) is 63.6 Å². The molecule has 2 aliphatic rings. The summed E-state index contributed by atoms with van der Waals surface area (Å²) >= 11 is 0. The molecule has 1 aromatic carbocycles. The van der Waals surface area contributed by atoms with Gasteiger partial charge in [-0.25, -0.2) is 4.98 Å². The zero-order valence-corrected chi connectivity index (χ0v) is 19.7. The molecule has 0 saturated carbocycles. The van der Waals surface area contributed by atoms with Crippen LogP contribution in [-0.4, -0.2) is 67.0 Å². The Bertz CT molecular complexity index is 1070. The number of aromatic nitrogens is 3. The molecule has 5 rings (SSSR count). The van der Waals surface area contributed by atoms with E-state index in [1.54, 1.807) is 20.4 Å². The van der Waals surface area contributed by atoms with Crippen molar-refractivity contribution in [3.05, 3.63) is 36.7 Å². The van der Waals surface area contributed by atoms with Crippen molar-refractivity contribution in [1.82, 2.24) is 20.1 Å². The predicted octanol–water partition coefficient (Wildman–Crippen LogP) is 4.41. The highest BCUT2D eigenvalue weighted by Gasteiger charge is 2.22. The summed E-state index contributed by atoms with van der Waals surface area (Å²) < 4.78 is 10.9. The molecule has 0 amide bonds. The summed E-state index contributed by atoms with van der Waals surface area (Å²) in [7, 11) is 3.27. The molecule has 0 bridgehead atoms. The van der Waals surface area contributed by atoms with Crippen LogP contribution in [0, 0.1) is 5.92 Å². The lowest BCUT2D eigenvalue weighted by atomic mass is 9.93. The Labute approximate surface area is 195 Å². The lowest BCUT2D eigenvalue weighted by molar-refractivity contribution is 0.280. The van der Waals surface area contributed by atoms with Gasteiger partial charge in [-0.05, 0) is 75.9 Å². The van der Waals surface area contributed by atoms with E-state index in [2.05, 4.69) is 32.1 Å². The summed E-state index contributed by atoms with van der Waals surface area (Å²) in [6.07, 6.45) is 10.4. The third-order valence-electron chi connectivity index (χ3n) is 7.19. The highest BCUT2D eigenvalue weighted by molar-refractivity contribution is 5.95. The minimum atomic E-state index is 0.647. The fraction of sp³-hybridized carbons (Fsp3) is 0.500. The number of anilines is 1. The van der Waals surface area contributed by atoms with Crippen molar-refractivity contribution in [3.63, 3.8) is 0 Å². The van der Waals surface area contributed by atoms with Crippen LogP contribution >= 0.6 is 0 Å². The number of methoxy groups -OCH3 is 2. The minimum absolute atomic E-state index is 0.647. The van der Waals surface area contributed by atoms with Crippen molar-refractivity contribution >= 4 is 16.7 Å². The molecule has 3 aromatic rings. The third-order valence-corrected chi connectivity index (χ3v) is 7.19. The van der Waals surface area contributed by atoms with Gasteiger partial charge in [-0.15, -0.1) is 0 Å². The zero-order valence-electron chi connectivity index (χ0n) is 19.7. The Balaban J connectivity index is 1.27. The van der Waals surface area contributed by atoms with Crippen molar-refractivity contribution < 1.29 is 9.47 Å². The number of ether oxygens (including phenoxy) is 2. The van der Waals surface area contributed by atoms with Crippen molar-refractivity contribution in [2.45, 2.75) is 32.1 Å². The molecule has 0 atom stereocenters. The van der Waals surface area contributed by atoms with Gasteiger partial charge in [0.05, 0.1) is 25.9 Å². The Hall–Kier alpha value is -2.93. The first kappa shape index (κ1) is 21.9. The van der Waals surface area contributed by atoms with Crippen LogP contribution in [0.1, 0.15) is 32.1 Å². The van der Waals surface area contributed by atoms with E-state index in [1.807, 2.05) is 18.3 Å². The van der Waals surface area contributed by atoms with Gasteiger partial charge in [0.15, 0.2) is 11.5 Å². The number of pyridine rings is 1. The van der Waals surface area contributed by atoms with E-state index >= 15 is 0 Å². The molecule has 0 unspecified atom stereocenters. The van der Waals surface area contributed by atoms with Gasteiger partial charge in [-0.3, -0.25) is 0 Å². The first-order valence-electron chi connectivity index (χ1n) is 12.1. The van der Waals surface area contributed by atoms with Crippen LogP contribution in [0.5, 0.6) is 11.5 Å². The number of likely N-dealkylation sites (tertiary alicyclic amines) is 1. The first-order chi connectivity index (χ1) is 16.2. The molecule has 7 nitrogen and oxygen atoms in total. The molecule has 2 fully saturated rings. The molecular formula is C26H33N5O2. The summed E-state index contributed by atoms with van der Waals surface area (Å²) in [5.74, 6) is 3.23. The molecule has 4 heterocycles. The Morgan fingerprint density at radius 2 is 1.70 bits per heavy atom. The van der Waals surface area contributed by atoms with E-state index in [-0.39, 0.29) is 0 Å². The standard InChI is InChI=1S/C26H33N5O2/c1-32-24-15-21-22(18-28-29-23(21)16-25(24)33-2)20-5-6-26(27-17-20)31-13-8-19(9-14-31)7-12-30-10-3-4-11-30/h5-6,15-19H,3-4,7-14H2,1-2H3. The van der Waals surface area contributed by atoms with Gasteiger partial charge in [0.1, 0.15) is 5.82 Å². The lowest BCUT2D eigenvalue weighted by Crippen LogP contribution is -2.35. The molecule has 0 spiro atoms. The third kappa shape index (κ3) is 4.74. The molecule has 2 aliphatic heterocycles. The molecule has 174 valence electrons. The normalized spacial score (nSPS) is 17.6. The highest BCUT2D eigenvalue weighted by atomic mass is 16.5. The van der Waals surface area contributed by atoms with Crippen LogP contribution in [0.15, 0.2) is 36.7 Å². The number of rotatable bonds is 7. The largest absolute Gasteiger partial charge is 0.493 e. The van der Waals surface area contributed by atoms with Gasteiger partial charge >= 0.3 is 0 Å². The maximum Gasteiger partial charge on any atom is 0.162 e. The van der Waals surface area contributed by atoms with Crippen LogP contribution in [-0.2, 0) is 0 Å². The molecule has 0 radical (unpaired) electrons. The maximum atomic E-state index is 5.49. The van der Waals surface area contributed by atoms with Crippen LogP contribution in [0.4, 0.5) is 5.82 Å². The van der Waals surface area contributed by atoms with Gasteiger partial charge < -0.3 is 19.3 Å². The average molecular weight is 448 g/mol. The number of nitrogens with zero attached hydrogens (tertiary/aromatic N) is 5. The molecule has 2 aromatic heterocycles. The van der Waals surface area contributed by atoms with E-state index in [0.29, 0.717) is 11.5 Å². The van der Waals surface area contributed by atoms with Gasteiger partial charge in [-0.2, -0.15) is 10.2 Å². The smallest absolute Gasteiger partial charge is 0.162 e. The number of hydrogen-bond donors (Lipinski definition) is 0. The summed E-state index contributed by atoms with van der Waals surface area (Å²) in [5.41, 5.74) is 2.78. The van der Waals surface area contributed by atoms with E-state index in [4.69, 9.17) is 14.5 Å². The quantitative estimate of drug-likeness (QED) is 0.531. The summed E-state index contributed by atoms with van der Waals surface area (Å²) in [4.78, 5) is 9.87. The van der Waals surface area contributed by atoms with E-state index in [9.17, 15) is 0 Å². The SMILES string of the molecule is COc1cc2nncc(-c3ccc(N4CCC(CCN5CCCC5)CC4)nc3)c2cc1OC. The fourth-order valence-corrected chi connectivity index (χ4v) is 5.17. The van der Waals surface area contributed by atoms with Gasteiger partial charge in [0.25, 0.3) is 0 Å². The summed E-state index contributed by atoms with van der Waals surface area (Å²) in [6, 6.07) is 8.08. The summed E-state index contributed by atoms with van der Waals surface area (Å²) in [5, 5.41) is 9.44. The number of piperidine rings is 1. The van der Waals surface area contributed by atoms with Gasteiger partial charge in [0, 0.05) is 41.9 Å².